The predicted molar refractivity (Wildman–Crippen MR) is 111 cm³/mol. The second-order valence-corrected chi connectivity index (χ2v) is 10.3. The van der Waals surface area contributed by atoms with Gasteiger partial charge in [0, 0.05) is 24.7 Å². The second kappa shape index (κ2) is 9.43. The number of amides is 1. The Morgan fingerprint density at radius 2 is 1.96 bits per heavy atom. The molecule has 0 radical (unpaired) electrons. The van der Waals surface area contributed by atoms with E-state index < -0.39 is 15.6 Å². The zero-order valence-electron chi connectivity index (χ0n) is 16.9. The molecule has 28 heavy (non-hydrogen) atoms. The van der Waals surface area contributed by atoms with Gasteiger partial charge in [0.25, 0.3) is 0 Å². The predicted octanol–water partition coefficient (Wildman–Crippen LogP) is 2.87. The van der Waals surface area contributed by atoms with Crippen molar-refractivity contribution in [3.63, 3.8) is 0 Å². The van der Waals surface area contributed by atoms with Gasteiger partial charge in [-0.1, -0.05) is 29.8 Å². The van der Waals surface area contributed by atoms with Gasteiger partial charge in [0.05, 0.1) is 11.8 Å². The van der Waals surface area contributed by atoms with Gasteiger partial charge in [-0.2, -0.15) is 0 Å². The lowest BCUT2D eigenvalue weighted by atomic mass is 10.0. The van der Waals surface area contributed by atoms with Crippen molar-refractivity contribution >= 4 is 27.7 Å². The molecule has 1 aliphatic rings. The van der Waals surface area contributed by atoms with E-state index in [1.54, 1.807) is 4.90 Å². The number of nitrogens with one attached hydrogen (secondary N) is 1. The summed E-state index contributed by atoms with van der Waals surface area (Å²) in [5, 5.41) is 0.631. The van der Waals surface area contributed by atoms with Gasteiger partial charge >= 0.3 is 6.09 Å². The maximum Gasteiger partial charge on any atom is 0.410 e. The minimum atomic E-state index is -3.24. The Hall–Kier alpha value is -1.35. The number of ether oxygens (including phenoxy) is 1. The van der Waals surface area contributed by atoms with E-state index in [0.29, 0.717) is 37.6 Å². The van der Waals surface area contributed by atoms with Gasteiger partial charge in [-0.3, -0.25) is 4.90 Å². The van der Waals surface area contributed by atoms with Crippen LogP contribution in [0.5, 0.6) is 0 Å². The van der Waals surface area contributed by atoms with Crippen molar-refractivity contribution in [2.75, 3.05) is 39.0 Å². The normalized spacial score (nSPS) is 18.9. The van der Waals surface area contributed by atoms with Gasteiger partial charge in [0.2, 0.25) is 10.0 Å². The number of carbonyl (C=O) groups excluding carboxylic acids is 1. The molecule has 0 bridgehead atoms. The van der Waals surface area contributed by atoms with E-state index in [9.17, 15) is 13.2 Å². The van der Waals surface area contributed by atoms with E-state index in [0.717, 1.165) is 5.56 Å². The summed E-state index contributed by atoms with van der Waals surface area (Å²) in [6.07, 6.45) is 0.151. The SMILES string of the molecule is CNS(=O)(=O)CCCN1CCN(C(=O)OC(C)(C)C)C[C@@H]1c1ccccc1Cl. The van der Waals surface area contributed by atoms with Crippen LogP contribution in [-0.2, 0) is 14.8 Å². The molecule has 1 aliphatic heterocycles. The Bertz CT molecular complexity index is 780. The molecule has 0 aromatic heterocycles. The molecular formula is C19H30ClN3O4S. The molecule has 1 saturated heterocycles. The van der Waals surface area contributed by atoms with Gasteiger partial charge < -0.3 is 9.64 Å². The molecule has 1 atom stereocenters. The Morgan fingerprint density at radius 3 is 2.57 bits per heavy atom. The fraction of sp³-hybridized carbons (Fsp3) is 0.632. The van der Waals surface area contributed by atoms with E-state index in [-0.39, 0.29) is 17.9 Å². The molecule has 0 saturated carbocycles. The Labute approximate surface area is 173 Å². The molecular weight excluding hydrogens is 402 g/mol. The Balaban J connectivity index is 2.15. The van der Waals surface area contributed by atoms with Crippen molar-refractivity contribution in [3.05, 3.63) is 34.9 Å². The minimum absolute atomic E-state index is 0.0605. The Kier molecular flexibility index (Phi) is 7.73. The van der Waals surface area contributed by atoms with E-state index in [1.807, 2.05) is 45.0 Å². The third kappa shape index (κ3) is 6.62. The van der Waals surface area contributed by atoms with Gasteiger partial charge in [-0.05, 0) is 52.4 Å². The first-order valence-electron chi connectivity index (χ1n) is 9.40. The number of rotatable bonds is 6. The number of benzene rings is 1. The fourth-order valence-corrected chi connectivity index (χ4v) is 4.16. The Morgan fingerprint density at radius 1 is 1.29 bits per heavy atom. The highest BCUT2D eigenvalue weighted by atomic mass is 35.5. The van der Waals surface area contributed by atoms with Crippen molar-refractivity contribution in [1.82, 2.24) is 14.5 Å². The average molecular weight is 432 g/mol. The summed E-state index contributed by atoms with van der Waals surface area (Å²) in [5.74, 6) is 0.0605. The van der Waals surface area contributed by atoms with Crippen LogP contribution in [0.3, 0.4) is 0 Å². The van der Waals surface area contributed by atoms with Crippen molar-refractivity contribution in [2.45, 2.75) is 38.8 Å². The number of piperazine rings is 1. The van der Waals surface area contributed by atoms with Gasteiger partial charge in [0.15, 0.2) is 0 Å². The van der Waals surface area contributed by atoms with Crippen LogP contribution in [0.15, 0.2) is 24.3 Å². The van der Waals surface area contributed by atoms with Crippen molar-refractivity contribution in [3.8, 4) is 0 Å². The van der Waals surface area contributed by atoms with Crippen LogP contribution in [0.4, 0.5) is 4.79 Å². The molecule has 1 N–H and O–H groups in total. The molecule has 1 fully saturated rings. The molecule has 7 nitrogen and oxygen atoms in total. The molecule has 0 spiro atoms. The first-order valence-corrected chi connectivity index (χ1v) is 11.4. The number of hydrogen-bond donors (Lipinski definition) is 1. The number of sulfonamides is 1. The number of halogens is 1. The summed E-state index contributed by atoms with van der Waals surface area (Å²) in [4.78, 5) is 16.4. The van der Waals surface area contributed by atoms with Crippen LogP contribution in [0.2, 0.25) is 5.02 Å². The highest BCUT2D eigenvalue weighted by Gasteiger charge is 2.33. The highest BCUT2D eigenvalue weighted by molar-refractivity contribution is 7.89. The lowest BCUT2D eigenvalue weighted by Crippen LogP contribution is -2.52. The molecule has 158 valence electrons. The van der Waals surface area contributed by atoms with Crippen molar-refractivity contribution < 1.29 is 17.9 Å². The fourth-order valence-electron chi connectivity index (χ4n) is 3.18. The van der Waals surface area contributed by atoms with Crippen molar-refractivity contribution in [1.29, 1.82) is 0 Å². The van der Waals surface area contributed by atoms with Crippen LogP contribution in [0.1, 0.15) is 38.8 Å². The maximum absolute atomic E-state index is 12.5. The molecule has 0 aliphatic carbocycles. The third-order valence-corrected chi connectivity index (χ3v) is 6.37. The first kappa shape index (κ1) is 22.9. The van der Waals surface area contributed by atoms with Gasteiger partial charge in [-0.15, -0.1) is 0 Å². The first-order chi connectivity index (χ1) is 13.0. The number of hydrogen-bond acceptors (Lipinski definition) is 5. The quantitative estimate of drug-likeness (QED) is 0.749. The van der Waals surface area contributed by atoms with E-state index in [2.05, 4.69) is 9.62 Å². The van der Waals surface area contributed by atoms with E-state index in [1.165, 1.54) is 7.05 Å². The van der Waals surface area contributed by atoms with Gasteiger partial charge in [0.1, 0.15) is 5.60 Å². The molecule has 0 unspecified atom stereocenters. The summed E-state index contributed by atoms with van der Waals surface area (Å²) in [7, 11) is -1.82. The molecule has 1 amide bonds. The van der Waals surface area contributed by atoms with Crippen LogP contribution >= 0.6 is 11.6 Å². The summed E-state index contributed by atoms with van der Waals surface area (Å²) in [5.41, 5.74) is 0.365. The molecule has 1 heterocycles. The third-order valence-electron chi connectivity index (χ3n) is 4.58. The zero-order chi connectivity index (χ0) is 20.9. The number of carbonyl (C=O) groups is 1. The lowest BCUT2D eigenvalue weighted by Gasteiger charge is -2.42. The van der Waals surface area contributed by atoms with Gasteiger partial charge in [-0.25, -0.2) is 17.9 Å². The van der Waals surface area contributed by atoms with Crippen LogP contribution in [-0.4, -0.2) is 68.9 Å². The smallest absolute Gasteiger partial charge is 0.410 e. The number of nitrogens with zero attached hydrogens (tertiary/aromatic N) is 2. The molecule has 9 heteroatoms. The lowest BCUT2D eigenvalue weighted by molar-refractivity contribution is 0.00351. The summed E-state index contributed by atoms with van der Waals surface area (Å²) < 4.78 is 31.3. The second-order valence-electron chi connectivity index (χ2n) is 7.88. The van der Waals surface area contributed by atoms with E-state index in [4.69, 9.17) is 16.3 Å². The topological polar surface area (TPSA) is 79.0 Å². The van der Waals surface area contributed by atoms with Crippen molar-refractivity contribution in [2.24, 2.45) is 0 Å². The average Bonchev–Trinajstić information content (AvgIpc) is 2.61. The van der Waals surface area contributed by atoms with E-state index >= 15 is 0 Å². The molecule has 1 aromatic carbocycles. The summed E-state index contributed by atoms with van der Waals surface area (Å²) in [6, 6.07) is 7.43. The molecule has 1 aromatic rings. The minimum Gasteiger partial charge on any atom is -0.444 e. The van der Waals surface area contributed by atoms with Crippen LogP contribution in [0.25, 0.3) is 0 Å². The monoisotopic (exact) mass is 431 g/mol. The highest BCUT2D eigenvalue weighted by Crippen LogP contribution is 2.31. The summed E-state index contributed by atoms with van der Waals surface area (Å²) >= 11 is 6.42. The van der Waals surface area contributed by atoms with Crippen LogP contribution < -0.4 is 4.72 Å². The maximum atomic E-state index is 12.5. The summed E-state index contributed by atoms with van der Waals surface area (Å²) in [6.45, 7) is 7.71. The van der Waals surface area contributed by atoms with Crippen LogP contribution in [0, 0.1) is 0 Å². The largest absolute Gasteiger partial charge is 0.444 e. The standard InChI is InChI=1S/C19H30ClN3O4S/c1-19(2,3)27-18(24)23-12-11-22(10-7-13-28(25,26)21-4)17(14-23)15-8-5-6-9-16(15)20/h5-6,8-9,17,21H,7,10-14H2,1-4H3/t17-/m1/s1. The zero-order valence-corrected chi connectivity index (χ0v) is 18.5. The molecule has 2 rings (SSSR count).